The average Bonchev–Trinajstić information content (AvgIpc) is 2.38. The minimum absolute atomic E-state index is 0.109. The van der Waals surface area contributed by atoms with Crippen LogP contribution in [0.2, 0.25) is 0 Å². The number of nitrogens with zero attached hydrogens (tertiary/aromatic N) is 1. The van der Waals surface area contributed by atoms with Gasteiger partial charge in [-0.1, -0.05) is 26.7 Å². The third-order valence-corrected chi connectivity index (χ3v) is 3.67. The van der Waals surface area contributed by atoms with Gasteiger partial charge in [-0.15, -0.1) is 0 Å². The molecule has 0 bridgehead atoms. The first-order valence-corrected chi connectivity index (χ1v) is 7.38. The van der Waals surface area contributed by atoms with E-state index in [1.165, 1.54) is 0 Å². The maximum Gasteiger partial charge on any atom is 0.317 e. The Balaban J connectivity index is 2.59. The fraction of sp³-hybridized carbons (Fsp3) is 0.857. The molecule has 1 rings (SSSR count). The Morgan fingerprint density at radius 1 is 1.16 bits per heavy atom. The molecule has 110 valence electrons. The number of aliphatic carboxylic acids is 1. The molecule has 1 saturated carbocycles. The number of carboxylic acid groups (broad SMARTS) is 1. The maximum atomic E-state index is 12.2. The van der Waals surface area contributed by atoms with E-state index in [0.717, 1.165) is 45.2 Å². The molecule has 2 amide bonds. The zero-order valence-corrected chi connectivity index (χ0v) is 12.0. The molecule has 0 spiro atoms. The van der Waals surface area contributed by atoms with Crippen LogP contribution in [0.5, 0.6) is 0 Å². The summed E-state index contributed by atoms with van der Waals surface area (Å²) in [6, 6.07) is -0.322. The smallest absolute Gasteiger partial charge is 0.317 e. The van der Waals surface area contributed by atoms with Crippen molar-refractivity contribution in [2.24, 2.45) is 5.92 Å². The number of amides is 2. The van der Waals surface area contributed by atoms with Gasteiger partial charge in [-0.25, -0.2) is 4.79 Å². The van der Waals surface area contributed by atoms with E-state index in [0.29, 0.717) is 6.42 Å². The third-order valence-electron chi connectivity index (χ3n) is 3.67. The van der Waals surface area contributed by atoms with Crippen molar-refractivity contribution in [2.45, 2.75) is 58.4 Å². The normalized spacial score (nSPS) is 22.8. The molecular formula is C14H26N2O3. The number of hydrogen-bond donors (Lipinski definition) is 2. The lowest BCUT2D eigenvalue weighted by atomic mass is 9.84. The lowest BCUT2D eigenvalue weighted by Gasteiger charge is -2.32. The van der Waals surface area contributed by atoms with Crippen molar-refractivity contribution in [2.75, 3.05) is 13.1 Å². The van der Waals surface area contributed by atoms with E-state index in [1.54, 1.807) is 4.90 Å². The average molecular weight is 270 g/mol. The van der Waals surface area contributed by atoms with E-state index in [2.05, 4.69) is 5.32 Å². The molecule has 5 nitrogen and oxygen atoms in total. The predicted octanol–water partition coefficient (Wildman–Crippen LogP) is 2.46. The first-order chi connectivity index (χ1) is 9.10. The van der Waals surface area contributed by atoms with Crippen molar-refractivity contribution in [1.82, 2.24) is 10.2 Å². The van der Waals surface area contributed by atoms with Gasteiger partial charge in [0.1, 0.15) is 0 Å². The second-order valence-corrected chi connectivity index (χ2v) is 5.27. The molecule has 0 radical (unpaired) electrons. The minimum atomic E-state index is -0.789. The highest BCUT2D eigenvalue weighted by atomic mass is 16.4. The third kappa shape index (κ3) is 4.73. The molecule has 19 heavy (non-hydrogen) atoms. The van der Waals surface area contributed by atoms with Crippen molar-refractivity contribution in [3.05, 3.63) is 0 Å². The van der Waals surface area contributed by atoms with Gasteiger partial charge in [0.25, 0.3) is 0 Å². The first kappa shape index (κ1) is 15.8. The Kier molecular flexibility index (Phi) is 6.67. The van der Waals surface area contributed by atoms with Crippen LogP contribution < -0.4 is 5.32 Å². The topological polar surface area (TPSA) is 69.6 Å². The zero-order valence-electron chi connectivity index (χ0n) is 12.0. The van der Waals surface area contributed by atoms with Gasteiger partial charge in [-0.3, -0.25) is 4.79 Å². The van der Waals surface area contributed by atoms with Crippen molar-refractivity contribution in [1.29, 1.82) is 0 Å². The number of hydrogen-bond acceptors (Lipinski definition) is 2. The number of carbonyl (C=O) groups excluding carboxylic acids is 1. The highest BCUT2D eigenvalue weighted by Gasteiger charge is 2.32. The standard InChI is InChI=1S/C14H26N2O3/c1-3-9-16(10-4-2)14(19)15-12-8-6-5-7-11(12)13(17)18/h11-12H,3-10H2,1-2H3,(H,15,19)(H,17,18). The zero-order chi connectivity index (χ0) is 14.3. The Morgan fingerprint density at radius 3 is 2.26 bits per heavy atom. The SMILES string of the molecule is CCCN(CCC)C(=O)NC1CCCCC1C(=O)O. The van der Waals surface area contributed by atoms with Crippen LogP contribution in [0.1, 0.15) is 52.4 Å². The van der Waals surface area contributed by atoms with Crippen LogP contribution >= 0.6 is 0 Å². The lowest BCUT2D eigenvalue weighted by molar-refractivity contribution is -0.143. The summed E-state index contributed by atoms with van der Waals surface area (Å²) in [7, 11) is 0. The van der Waals surface area contributed by atoms with Crippen LogP contribution in [0.15, 0.2) is 0 Å². The second-order valence-electron chi connectivity index (χ2n) is 5.27. The monoisotopic (exact) mass is 270 g/mol. The van der Waals surface area contributed by atoms with Crippen LogP contribution in [-0.2, 0) is 4.79 Å². The summed E-state index contributed by atoms with van der Waals surface area (Å²) < 4.78 is 0. The maximum absolute atomic E-state index is 12.2. The molecule has 1 aliphatic carbocycles. The van der Waals surface area contributed by atoms with Crippen LogP contribution in [0, 0.1) is 5.92 Å². The van der Waals surface area contributed by atoms with Gasteiger partial charge < -0.3 is 15.3 Å². The van der Waals surface area contributed by atoms with E-state index in [9.17, 15) is 14.7 Å². The minimum Gasteiger partial charge on any atom is -0.481 e. The Labute approximate surface area is 115 Å². The molecule has 1 aliphatic rings. The molecule has 0 heterocycles. The summed E-state index contributed by atoms with van der Waals surface area (Å²) in [5.74, 6) is -1.22. The number of carboxylic acids is 1. The molecule has 0 aromatic carbocycles. The number of nitrogens with one attached hydrogen (secondary N) is 1. The van der Waals surface area contributed by atoms with Gasteiger partial charge in [0.2, 0.25) is 0 Å². The van der Waals surface area contributed by atoms with Crippen molar-refractivity contribution >= 4 is 12.0 Å². The molecule has 0 aliphatic heterocycles. The number of rotatable bonds is 6. The van der Waals surface area contributed by atoms with Crippen LogP contribution in [-0.4, -0.2) is 41.1 Å². The van der Waals surface area contributed by atoms with Crippen molar-refractivity contribution in [3.8, 4) is 0 Å². The Hall–Kier alpha value is -1.26. The number of urea groups is 1. The molecule has 1 fully saturated rings. The molecule has 2 N–H and O–H groups in total. The first-order valence-electron chi connectivity index (χ1n) is 7.38. The van der Waals surface area contributed by atoms with Gasteiger partial charge in [0.05, 0.1) is 5.92 Å². The van der Waals surface area contributed by atoms with Gasteiger partial charge in [-0.05, 0) is 25.7 Å². The fourth-order valence-electron chi connectivity index (χ4n) is 2.70. The van der Waals surface area contributed by atoms with E-state index in [1.807, 2.05) is 13.8 Å². The van der Waals surface area contributed by atoms with Crippen LogP contribution in [0.4, 0.5) is 4.79 Å². The summed E-state index contributed by atoms with van der Waals surface area (Å²) in [5.41, 5.74) is 0. The molecule has 5 heteroatoms. The van der Waals surface area contributed by atoms with Gasteiger partial charge in [0, 0.05) is 19.1 Å². The molecule has 2 unspecified atom stereocenters. The highest BCUT2D eigenvalue weighted by molar-refractivity contribution is 5.77. The van der Waals surface area contributed by atoms with E-state index < -0.39 is 11.9 Å². The Morgan fingerprint density at radius 2 is 1.74 bits per heavy atom. The largest absolute Gasteiger partial charge is 0.481 e. The van der Waals surface area contributed by atoms with E-state index in [4.69, 9.17) is 0 Å². The van der Waals surface area contributed by atoms with Crippen LogP contribution in [0.3, 0.4) is 0 Å². The van der Waals surface area contributed by atoms with E-state index >= 15 is 0 Å². The van der Waals surface area contributed by atoms with Crippen molar-refractivity contribution < 1.29 is 14.7 Å². The van der Waals surface area contributed by atoms with E-state index in [-0.39, 0.29) is 12.1 Å². The lowest BCUT2D eigenvalue weighted by Crippen LogP contribution is -2.50. The highest BCUT2D eigenvalue weighted by Crippen LogP contribution is 2.24. The molecule has 0 saturated heterocycles. The summed E-state index contributed by atoms with van der Waals surface area (Å²) in [5, 5.41) is 12.1. The molecule has 2 atom stereocenters. The summed E-state index contributed by atoms with van der Waals surface area (Å²) in [6.07, 6.45) is 5.21. The Bertz CT molecular complexity index is 301. The van der Waals surface area contributed by atoms with Crippen LogP contribution in [0.25, 0.3) is 0 Å². The predicted molar refractivity (Wildman–Crippen MR) is 74.1 cm³/mol. The van der Waals surface area contributed by atoms with Gasteiger partial charge in [-0.2, -0.15) is 0 Å². The van der Waals surface area contributed by atoms with Gasteiger partial charge in [0.15, 0.2) is 0 Å². The molecular weight excluding hydrogens is 244 g/mol. The number of carbonyl (C=O) groups is 2. The summed E-state index contributed by atoms with van der Waals surface area (Å²) in [6.45, 7) is 5.53. The van der Waals surface area contributed by atoms with Gasteiger partial charge >= 0.3 is 12.0 Å². The second kappa shape index (κ2) is 8.02. The molecule has 0 aromatic rings. The summed E-state index contributed by atoms with van der Waals surface area (Å²) in [4.78, 5) is 25.2. The fourth-order valence-corrected chi connectivity index (χ4v) is 2.70. The molecule has 0 aromatic heterocycles. The summed E-state index contributed by atoms with van der Waals surface area (Å²) >= 11 is 0. The quantitative estimate of drug-likeness (QED) is 0.779. The van der Waals surface area contributed by atoms with Crippen molar-refractivity contribution in [3.63, 3.8) is 0 Å².